The summed E-state index contributed by atoms with van der Waals surface area (Å²) in [5, 5.41) is 20.0. The average Bonchev–Trinajstić information content (AvgIpc) is 3.51. The van der Waals surface area contributed by atoms with Crippen LogP contribution in [0.2, 0.25) is 0 Å². The zero-order valence-corrected chi connectivity index (χ0v) is 16.8. The summed E-state index contributed by atoms with van der Waals surface area (Å²) in [4.78, 5) is 25.8. The third kappa shape index (κ3) is 4.12. The molecule has 0 fully saturated rings. The van der Waals surface area contributed by atoms with Crippen LogP contribution in [0.4, 0.5) is 0 Å². The largest absolute Gasteiger partial charge is 0.454 e. The molecule has 0 unspecified atom stereocenters. The van der Waals surface area contributed by atoms with Crippen molar-refractivity contribution in [2.45, 2.75) is 12.1 Å². The van der Waals surface area contributed by atoms with Gasteiger partial charge in [-0.25, -0.2) is 0 Å². The Balaban J connectivity index is 1.36. The second kappa shape index (κ2) is 8.24. The van der Waals surface area contributed by atoms with Crippen LogP contribution in [0.1, 0.15) is 15.3 Å². The van der Waals surface area contributed by atoms with Gasteiger partial charge in [0.2, 0.25) is 6.79 Å². The van der Waals surface area contributed by atoms with Crippen LogP contribution in [0.3, 0.4) is 0 Å². The van der Waals surface area contributed by atoms with Crippen LogP contribution in [0, 0.1) is 0 Å². The van der Waals surface area contributed by atoms with E-state index in [0.717, 1.165) is 5.56 Å². The Hall–Kier alpha value is -2.88. The van der Waals surface area contributed by atoms with Gasteiger partial charge in [-0.1, -0.05) is 18.2 Å². The Bertz CT molecular complexity index is 968. The van der Waals surface area contributed by atoms with E-state index in [1.54, 1.807) is 30.3 Å². The number of nitrogens with one attached hydrogen (secondary N) is 2. The highest BCUT2D eigenvalue weighted by Crippen LogP contribution is 2.35. The predicted octanol–water partition coefficient (Wildman–Crippen LogP) is 2.21. The van der Waals surface area contributed by atoms with Crippen molar-refractivity contribution in [1.29, 1.82) is 0 Å². The molecule has 2 amide bonds. The molecule has 9 heteroatoms. The van der Waals surface area contributed by atoms with Gasteiger partial charge in [0.1, 0.15) is 5.60 Å². The van der Waals surface area contributed by atoms with Crippen molar-refractivity contribution in [3.8, 4) is 11.5 Å². The van der Waals surface area contributed by atoms with Gasteiger partial charge in [-0.15, -0.1) is 22.7 Å². The van der Waals surface area contributed by atoms with Crippen LogP contribution in [0.15, 0.2) is 53.2 Å². The first-order valence-corrected chi connectivity index (χ1v) is 10.6. The number of aliphatic hydroxyl groups is 1. The number of fused-ring (bicyclic) bond motifs is 1. The van der Waals surface area contributed by atoms with E-state index < -0.39 is 17.4 Å². The summed E-state index contributed by atoms with van der Waals surface area (Å²) < 4.78 is 10.5. The molecular formula is C20H18N2O5S2. The highest BCUT2D eigenvalue weighted by molar-refractivity contribution is 7.11. The van der Waals surface area contributed by atoms with E-state index in [9.17, 15) is 14.7 Å². The number of amides is 2. The molecule has 3 N–H and O–H groups in total. The minimum absolute atomic E-state index is 0.107. The van der Waals surface area contributed by atoms with Crippen LogP contribution in [0.25, 0.3) is 0 Å². The van der Waals surface area contributed by atoms with Crippen LogP contribution in [0.5, 0.6) is 11.5 Å². The molecule has 150 valence electrons. The zero-order chi connectivity index (χ0) is 20.3. The van der Waals surface area contributed by atoms with Crippen molar-refractivity contribution in [3.05, 3.63) is 68.5 Å². The van der Waals surface area contributed by atoms with Gasteiger partial charge in [0, 0.05) is 16.3 Å². The number of hydrogen-bond acceptors (Lipinski definition) is 7. The highest BCUT2D eigenvalue weighted by Gasteiger charge is 2.34. The van der Waals surface area contributed by atoms with E-state index >= 15 is 0 Å². The van der Waals surface area contributed by atoms with Gasteiger partial charge < -0.3 is 25.2 Å². The number of rotatable bonds is 6. The van der Waals surface area contributed by atoms with Crippen LogP contribution in [-0.4, -0.2) is 30.3 Å². The standard InChI is InChI=1S/C20H18N2O5S2/c23-18(21-10-13-5-6-14-15(9-13)27-12-26-14)19(24)22-11-20(25,16-3-1-7-28-16)17-4-2-8-29-17/h1-9,25H,10-12H2,(H,21,23)(H,22,24). The van der Waals surface area contributed by atoms with Gasteiger partial charge in [0.15, 0.2) is 11.5 Å². The fourth-order valence-electron chi connectivity index (χ4n) is 2.93. The fraction of sp³-hybridized carbons (Fsp3) is 0.200. The van der Waals surface area contributed by atoms with E-state index in [4.69, 9.17) is 9.47 Å². The van der Waals surface area contributed by atoms with Gasteiger partial charge >= 0.3 is 11.8 Å². The summed E-state index contributed by atoms with van der Waals surface area (Å²) in [7, 11) is 0. The molecule has 1 aliphatic heterocycles. The Labute approximate surface area is 174 Å². The number of carbonyl (C=O) groups excluding carboxylic acids is 2. The molecule has 0 atom stereocenters. The minimum Gasteiger partial charge on any atom is -0.454 e. The first kappa shape index (κ1) is 19.4. The third-order valence-electron chi connectivity index (χ3n) is 4.46. The summed E-state index contributed by atoms with van der Waals surface area (Å²) in [6.07, 6.45) is 0. The quantitative estimate of drug-likeness (QED) is 0.521. The summed E-state index contributed by atoms with van der Waals surface area (Å²) in [6.45, 7) is 0.234. The van der Waals surface area contributed by atoms with E-state index in [-0.39, 0.29) is 19.9 Å². The Morgan fingerprint density at radius 2 is 1.62 bits per heavy atom. The van der Waals surface area contributed by atoms with Crippen molar-refractivity contribution in [1.82, 2.24) is 10.6 Å². The van der Waals surface area contributed by atoms with E-state index in [1.165, 1.54) is 22.7 Å². The summed E-state index contributed by atoms with van der Waals surface area (Å²) in [5.41, 5.74) is -0.598. The number of benzene rings is 1. The van der Waals surface area contributed by atoms with Crippen molar-refractivity contribution >= 4 is 34.5 Å². The molecular weight excluding hydrogens is 412 g/mol. The second-order valence-electron chi connectivity index (χ2n) is 6.37. The van der Waals surface area contributed by atoms with Gasteiger partial charge in [0.05, 0.1) is 6.54 Å². The smallest absolute Gasteiger partial charge is 0.309 e. The number of ether oxygens (including phenoxy) is 2. The van der Waals surface area contributed by atoms with Gasteiger partial charge in [-0.2, -0.15) is 0 Å². The van der Waals surface area contributed by atoms with Gasteiger partial charge in [0.25, 0.3) is 0 Å². The lowest BCUT2D eigenvalue weighted by Gasteiger charge is -2.26. The van der Waals surface area contributed by atoms with Gasteiger partial charge in [-0.05, 0) is 40.6 Å². The molecule has 3 heterocycles. The molecule has 0 aliphatic carbocycles. The van der Waals surface area contributed by atoms with E-state index in [1.807, 2.05) is 22.9 Å². The first-order valence-electron chi connectivity index (χ1n) is 8.81. The Morgan fingerprint density at radius 3 is 2.28 bits per heavy atom. The molecule has 0 spiro atoms. The lowest BCUT2D eigenvalue weighted by molar-refractivity contribution is -0.139. The summed E-state index contributed by atoms with van der Waals surface area (Å²) in [6, 6.07) is 12.6. The molecule has 4 rings (SSSR count). The molecule has 0 saturated heterocycles. The topological polar surface area (TPSA) is 96.9 Å². The van der Waals surface area contributed by atoms with Crippen LogP contribution >= 0.6 is 22.7 Å². The highest BCUT2D eigenvalue weighted by atomic mass is 32.1. The molecule has 0 bridgehead atoms. The second-order valence-corrected chi connectivity index (χ2v) is 8.26. The molecule has 29 heavy (non-hydrogen) atoms. The maximum Gasteiger partial charge on any atom is 0.309 e. The normalized spacial score (nSPS) is 12.6. The Kier molecular flexibility index (Phi) is 5.52. The van der Waals surface area contributed by atoms with Crippen molar-refractivity contribution in [3.63, 3.8) is 0 Å². The van der Waals surface area contributed by atoms with Crippen molar-refractivity contribution in [2.75, 3.05) is 13.3 Å². The monoisotopic (exact) mass is 430 g/mol. The molecule has 1 aromatic carbocycles. The lowest BCUT2D eigenvalue weighted by Crippen LogP contribution is -2.46. The molecule has 1 aliphatic rings. The maximum absolute atomic E-state index is 12.3. The maximum atomic E-state index is 12.3. The minimum atomic E-state index is -1.38. The van der Waals surface area contributed by atoms with Gasteiger partial charge in [-0.3, -0.25) is 9.59 Å². The average molecular weight is 431 g/mol. The fourth-order valence-corrected chi connectivity index (χ4v) is 4.67. The van der Waals surface area contributed by atoms with Crippen LogP contribution < -0.4 is 20.1 Å². The van der Waals surface area contributed by atoms with E-state index in [0.29, 0.717) is 21.3 Å². The summed E-state index contributed by atoms with van der Waals surface area (Å²) >= 11 is 2.78. The van der Waals surface area contributed by atoms with Crippen LogP contribution in [-0.2, 0) is 21.7 Å². The summed E-state index contributed by atoms with van der Waals surface area (Å²) in [5.74, 6) is -0.322. The lowest BCUT2D eigenvalue weighted by atomic mass is 10.00. The SMILES string of the molecule is O=C(NCc1ccc2c(c1)OCO2)C(=O)NCC(O)(c1cccs1)c1cccs1. The molecule has 3 aromatic rings. The van der Waals surface area contributed by atoms with Crippen molar-refractivity contribution < 1.29 is 24.2 Å². The molecule has 7 nitrogen and oxygen atoms in total. The number of hydrogen-bond donors (Lipinski definition) is 3. The van der Waals surface area contributed by atoms with Crippen molar-refractivity contribution in [2.24, 2.45) is 0 Å². The molecule has 0 radical (unpaired) electrons. The predicted molar refractivity (Wildman–Crippen MR) is 109 cm³/mol. The molecule has 2 aromatic heterocycles. The van der Waals surface area contributed by atoms with E-state index in [2.05, 4.69) is 10.6 Å². The number of thiophene rings is 2. The zero-order valence-electron chi connectivity index (χ0n) is 15.2. The Morgan fingerprint density at radius 1 is 0.966 bits per heavy atom. The molecule has 0 saturated carbocycles. The number of carbonyl (C=O) groups is 2. The first-order chi connectivity index (χ1) is 14.1. The third-order valence-corrected chi connectivity index (χ3v) is 6.50.